The Morgan fingerprint density at radius 1 is 1.16 bits per heavy atom. The number of aromatic amines is 1. The van der Waals surface area contributed by atoms with Crippen molar-refractivity contribution in [1.29, 1.82) is 5.26 Å². The van der Waals surface area contributed by atoms with Crippen molar-refractivity contribution in [2.75, 3.05) is 7.11 Å². The lowest BCUT2D eigenvalue weighted by molar-refractivity contribution is 0.141. The number of methoxy groups -OCH3 is 1. The number of ether oxygens (including phenoxy) is 2. The van der Waals surface area contributed by atoms with Crippen molar-refractivity contribution in [1.82, 2.24) is 20.2 Å². The predicted molar refractivity (Wildman–Crippen MR) is 102 cm³/mol. The maximum absolute atomic E-state index is 13.6. The van der Waals surface area contributed by atoms with Crippen LogP contribution in [0.3, 0.4) is 0 Å². The van der Waals surface area contributed by atoms with Crippen LogP contribution in [-0.2, 0) is 6.42 Å². The van der Waals surface area contributed by atoms with E-state index in [0.717, 1.165) is 6.07 Å². The standard InChI is InChI=1S/C19H12ClF4N5O3/c1-31-19-9(4-12(16(21)22)28-29-19)5-13-26-14(17(23)24)15(18(30)27-13)32-11-3-8(7-25)2-10(20)6-11/h2-4,6,16-17H,5H2,1H3,(H,26,27,30). The van der Waals surface area contributed by atoms with Crippen LogP contribution < -0.4 is 15.0 Å². The average Bonchev–Trinajstić information content (AvgIpc) is 2.74. The Balaban J connectivity index is 2.02. The molecule has 0 spiro atoms. The molecule has 1 aromatic carbocycles. The Morgan fingerprint density at radius 3 is 2.53 bits per heavy atom. The molecule has 0 saturated heterocycles. The van der Waals surface area contributed by atoms with E-state index in [0.29, 0.717) is 0 Å². The van der Waals surface area contributed by atoms with E-state index >= 15 is 0 Å². The van der Waals surface area contributed by atoms with E-state index < -0.39 is 35.5 Å². The number of nitriles is 1. The molecule has 2 heterocycles. The van der Waals surface area contributed by atoms with Gasteiger partial charge in [-0.15, -0.1) is 10.2 Å². The smallest absolute Gasteiger partial charge is 0.294 e. The summed E-state index contributed by atoms with van der Waals surface area (Å²) in [4.78, 5) is 18.5. The van der Waals surface area contributed by atoms with Gasteiger partial charge in [-0.05, 0) is 24.3 Å². The third kappa shape index (κ3) is 5.12. The van der Waals surface area contributed by atoms with Crippen molar-refractivity contribution in [3.63, 3.8) is 0 Å². The molecule has 0 saturated carbocycles. The zero-order valence-electron chi connectivity index (χ0n) is 16.1. The molecular weight excluding hydrogens is 458 g/mol. The first kappa shape index (κ1) is 23.0. The van der Waals surface area contributed by atoms with Crippen LogP contribution in [0.4, 0.5) is 17.6 Å². The van der Waals surface area contributed by atoms with Crippen molar-refractivity contribution in [3.8, 4) is 23.4 Å². The number of nitrogens with zero attached hydrogens (tertiary/aromatic N) is 4. The van der Waals surface area contributed by atoms with Gasteiger partial charge in [0, 0.05) is 17.0 Å². The molecule has 0 aliphatic carbocycles. The van der Waals surface area contributed by atoms with E-state index in [1.54, 1.807) is 0 Å². The summed E-state index contributed by atoms with van der Waals surface area (Å²) in [7, 11) is 1.22. The Labute approximate surface area is 182 Å². The fraction of sp³-hybridized carbons (Fsp3) is 0.211. The Kier molecular flexibility index (Phi) is 6.89. The van der Waals surface area contributed by atoms with Gasteiger partial charge in [0.2, 0.25) is 11.6 Å². The molecule has 3 rings (SSSR count). The van der Waals surface area contributed by atoms with Gasteiger partial charge in [0.15, 0.2) is 5.69 Å². The van der Waals surface area contributed by atoms with Gasteiger partial charge in [-0.3, -0.25) is 4.79 Å². The number of benzene rings is 1. The Bertz CT molecular complexity index is 1250. The van der Waals surface area contributed by atoms with Gasteiger partial charge in [-0.1, -0.05) is 11.6 Å². The second kappa shape index (κ2) is 9.61. The zero-order valence-corrected chi connectivity index (χ0v) is 16.8. The van der Waals surface area contributed by atoms with Crippen LogP contribution >= 0.6 is 11.6 Å². The third-order valence-electron chi connectivity index (χ3n) is 4.01. The van der Waals surface area contributed by atoms with Crippen LogP contribution in [0.5, 0.6) is 17.4 Å². The molecule has 13 heteroatoms. The van der Waals surface area contributed by atoms with Gasteiger partial charge in [0.05, 0.1) is 18.7 Å². The van der Waals surface area contributed by atoms with Gasteiger partial charge in [0.1, 0.15) is 17.3 Å². The number of alkyl halides is 4. The average molecular weight is 470 g/mol. The molecule has 8 nitrogen and oxygen atoms in total. The maximum Gasteiger partial charge on any atom is 0.294 e. The van der Waals surface area contributed by atoms with Crippen molar-refractivity contribution >= 4 is 11.6 Å². The van der Waals surface area contributed by atoms with Crippen molar-refractivity contribution in [2.24, 2.45) is 0 Å². The molecule has 0 bridgehead atoms. The van der Waals surface area contributed by atoms with Gasteiger partial charge in [-0.2, -0.15) is 5.26 Å². The van der Waals surface area contributed by atoms with E-state index in [9.17, 15) is 22.4 Å². The van der Waals surface area contributed by atoms with E-state index in [2.05, 4.69) is 20.2 Å². The van der Waals surface area contributed by atoms with Crippen LogP contribution in [-0.4, -0.2) is 27.3 Å². The number of hydrogen-bond acceptors (Lipinski definition) is 7. The highest BCUT2D eigenvalue weighted by molar-refractivity contribution is 6.30. The Morgan fingerprint density at radius 2 is 1.91 bits per heavy atom. The molecule has 0 fully saturated rings. The summed E-state index contributed by atoms with van der Waals surface area (Å²) in [6.45, 7) is 0. The lowest BCUT2D eigenvalue weighted by Crippen LogP contribution is -2.18. The molecule has 32 heavy (non-hydrogen) atoms. The molecule has 0 aliphatic rings. The fourth-order valence-electron chi connectivity index (χ4n) is 2.68. The molecule has 0 aliphatic heterocycles. The van der Waals surface area contributed by atoms with Crippen molar-refractivity contribution in [3.05, 3.63) is 68.0 Å². The molecular formula is C19H12ClF4N5O3. The van der Waals surface area contributed by atoms with Crippen molar-refractivity contribution in [2.45, 2.75) is 19.3 Å². The molecule has 0 radical (unpaired) electrons. The molecule has 0 atom stereocenters. The van der Waals surface area contributed by atoms with E-state index in [-0.39, 0.29) is 40.0 Å². The van der Waals surface area contributed by atoms with E-state index in [4.69, 9.17) is 26.3 Å². The molecule has 1 N–H and O–H groups in total. The quantitative estimate of drug-likeness (QED) is 0.511. The number of aromatic nitrogens is 4. The lowest BCUT2D eigenvalue weighted by atomic mass is 10.1. The zero-order chi connectivity index (χ0) is 23.4. The van der Waals surface area contributed by atoms with Gasteiger partial charge in [0.25, 0.3) is 18.4 Å². The number of hydrogen-bond donors (Lipinski definition) is 1. The Hall–Kier alpha value is -3.72. The van der Waals surface area contributed by atoms with Crippen LogP contribution in [0.1, 0.15) is 41.2 Å². The maximum atomic E-state index is 13.6. The first-order chi connectivity index (χ1) is 15.2. The third-order valence-corrected chi connectivity index (χ3v) is 4.23. The second-order valence-corrected chi connectivity index (χ2v) is 6.63. The molecule has 0 unspecified atom stereocenters. The minimum absolute atomic E-state index is 0.0448. The topological polar surface area (TPSA) is 114 Å². The fourth-order valence-corrected chi connectivity index (χ4v) is 2.91. The summed E-state index contributed by atoms with van der Waals surface area (Å²) < 4.78 is 63.4. The van der Waals surface area contributed by atoms with Crippen LogP contribution in [0.2, 0.25) is 5.02 Å². The van der Waals surface area contributed by atoms with E-state index in [1.807, 2.05) is 6.07 Å². The summed E-state index contributed by atoms with van der Waals surface area (Å²) in [6, 6.07) is 6.53. The molecule has 2 aromatic heterocycles. The molecule has 0 amide bonds. The van der Waals surface area contributed by atoms with Crippen LogP contribution in [0.15, 0.2) is 29.1 Å². The number of halogens is 5. The highest BCUT2D eigenvalue weighted by Gasteiger charge is 2.23. The minimum atomic E-state index is -3.21. The van der Waals surface area contributed by atoms with Crippen LogP contribution in [0.25, 0.3) is 0 Å². The lowest BCUT2D eigenvalue weighted by Gasteiger charge is -2.12. The van der Waals surface area contributed by atoms with Crippen LogP contribution in [0, 0.1) is 11.3 Å². The normalized spacial score (nSPS) is 11.0. The summed E-state index contributed by atoms with van der Waals surface area (Å²) in [5.74, 6) is -1.34. The van der Waals surface area contributed by atoms with Crippen molar-refractivity contribution < 1.29 is 27.0 Å². The summed E-state index contributed by atoms with van der Waals surface area (Å²) in [5.41, 5.74) is -2.58. The monoisotopic (exact) mass is 469 g/mol. The largest absolute Gasteiger partial charge is 0.480 e. The summed E-state index contributed by atoms with van der Waals surface area (Å²) in [5, 5.41) is 15.9. The molecule has 166 valence electrons. The first-order valence-electron chi connectivity index (χ1n) is 8.70. The predicted octanol–water partition coefficient (Wildman–Crippen LogP) is 4.35. The van der Waals surface area contributed by atoms with E-state index in [1.165, 1.54) is 25.3 Å². The van der Waals surface area contributed by atoms with Gasteiger partial charge < -0.3 is 14.5 Å². The minimum Gasteiger partial charge on any atom is -0.480 e. The van der Waals surface area contributed by atoms with Gasteiger partial charge >= 0.3 is 0 Å². The molecule has 3 aromatic rings. The SMILES string of the molecule is COc1nnc(C(F)F)cc1Cc1nc(C(F)F)c(Oc2cc(Cl)cc(C#N)c2)c(=O)[nH]1. The van der Waals surface area contributed by atoms with Gasteiger partial charge in [-0.25, -0.2) is 22.5 Å². The second-order valence-electron chi connectivity index (χ2n) is 6.20. The first-order valence-corrected chi connectivity index (χ1v) is 9.08. The summed E-state index contributed by atoms with van der Waals surface area (Å²) in [6.07, 6.45) is -6.50. The highest BCUT2D eigenvalue weighted by Crippen LogP contribution is 2.31. The number of nitrogens with one attached hydrogen (secondary N) is 1. The highest BCUT2D eigenvalue weighted by atomic mass is 35.5. The summed E-state index contributed by atoms with van der Waals surface area (Å²) >= 11 is 5.86. The number of H-pyrrole nitrogens is 1. The number of rotatable bonds is 7.